The van der Waals surface area contributed by atoms with Crippen molar-refractivity contribution in [3.63, 3.8) is 0 Å². The first-order chi connectivity index (χ1) is 17.2. The number of anilines is 1. The van der Waals surface area contributed by atoms with Crippen molar-refractivity contribution in [1.82, 2.24) is 23.9 Å². The molecule has 5 N–H and O–H groups in total. The number of hydrogen-bond acceptors (Lipinski definition) is 8. The Morgan fingerprint density at radius 3 is 2.58 bits per heavy atom. The van der Waals surface area contributed by atoms with E-state index in [9.17, 15) is 18.0 Å². The summed E-state index contributed by atoms with van der Waals surface area (Å²) in [7, 11) is -1.70. The number of carbonyl (C=O) groups is 1. The number of rotatable bonds is 7. The van der Waals surface area contributed by atoms with Crippen LogP contribution in [-0.4, -0.2) is 53.7 Å². The van der Waals surface area contributed by atoms with Gasteiger partial charge in [-0.3, -0.25) is 9.59 Å². The number of sulfonamides is 1. The molecule has 4 aromatic rings. The minimum Gasteiger partial charge on any atom is -0.382 e. The second-order valence-electron chi connectivity index (χ2n) is 7.47. The lowest BCUT2D eigenvalue weighted by Crippen LogP contribution is -2.28. The molecule has 194 valence electrons. The third-order valence-electron chi connectivity index (χ3n) is 5.04. The summed E-state index contributed by atoms with van der Waals surface area (Å²) in [5.74, 6) is 0.212. The van der Waals surface area contributed by atoms with Gasteiger partial charge in [-0.05, 0) is 43.5 Å². The summed E-state index contributed by atoms with van der Waals surface area (Å²) in [6.07, 6.45) is 6.30. The van der Waals surface area contributed by atoms with Crippen LogP contribution >= 0.6 is 11.6 Å². The van der Waals surface area contributed by atoms with E-state index in [4.69, 9.17) is 17.3 Å². The Morgan fingerprint density at radius 1 is 1.22 bits per heavy atom. The van der Waals surface area contributed by atoms with Crippen LogP contribution in [0.4, 0.5) is 5.82 Å². The molecule has 0 saturated carbocycles. The van der Waals surface area contributed by atoms with Crippen molar-refractivity contribution in [2.75, 3.05) is 25.6 Å². The zero-order chi connectivity index (χ0) is 26.9. The van der Waals surface area contributed by atoms with Gasteiger partial charge in [-0.25, -0.2) is 22.6 Å². The number of nitrogens with two attached hydrogens (primary N) is 2. The molecule has 0 atom stereocenters. The van der Waals surface area contributed by atoms with E-state index in [1.807, 2.05) is 25.1 Å². The standard InChI is InChI=1S/C15H19ClN2O3S.C7H6N4O.CH5N/c1-3-12-10-11-6-4-7-13(16)14(11)15(19)18(12)9-5-8-17-22(2,20)21;8-6-5(4-12)7-9-2-1-3-11(7)10-6;1-2/h4,6-7,10,17H,3,5,8-9H2,1-2H3;1-4H,(H2,8,10);2H2,1H3. The number of hydrogen-bond donors (Lipinski definition) is 3. The van der Waals surface area contributed by atoms with Gasteiger partial charge in [0.05, 0.1) is 16.7 Å². The van der Waals surface area contributed by atoms with E-state index in [0.717, 1.165) is 23.8 Å². The molecule has 11 nitrogen and oxygen atoms in total. The van der Waals surface area contributed by atoms with Gasteiger partial charge in [0.1, 0.15) is 5.56 Å². The highest BCUT2D eigenvalue weighted by Gasteiger charge is 2.11. The van der Waals surface area contributed by atoms with Crippen molar-refractivity contribution < 1.29 is 13.2 Å². The van der Waals surface area contributed by atoms with Gasteiger partial charge in [0.15, 0.2) is 17.8 Å². The van der Waals surface area contributed by atoms with E-state index < -0.39 is 10.0 Å². The third-order valence-corrected chi connectivity index (χ3v) is 6.08. The van der Waals surface area contributed by atoms with Gasteiger partial charge in [-0.15, -0.1) is 5.10 Å². The number of pyridine rings is 1. The minimum absolute atomic E-state index is 0.126. The van der Waals surface area contributed by atoms with Crippen molar-refractivity contribution in [3.05, 3.63) is 69.4 Å². The van der Waals surface area contributed by atoms with Crippen molar-refractivity contribution >= 4 is 50.1 Å². The smallest absolute Gasteiger partial charge is 0.260 e. The predicted molar refractivity (Wildman–Crippen MR) is 143 cm³/mol. The number of aryl methyl sites for hydroxylation is 1. The lowest BCUT2D eigenvalue weighted by atomic mass is 10.1. The fraction of sp³-hybridized carbons (Fsp3) is 0.304. The molecule has 0 unspecified atom stereocenters. The maximum Gasteiger partial charge on any atom is 0.260 e. The molecule has 0 spiro atoms. The molecule has 13 heteroatoms. The van der Waals surface area contributed by atoms with Crippen LogP contribution in [0.1, 0.15) is 29.4 Å². The Bertz CT molecular complexity index is 1500. The van der Waals surface area contributed by atoms with Gasteiger partial charge in [0.2, 0.25) is 10.0 Å². The number of nitrogens with zero attached hydrogens (tertiary/aromatic N) is 4. The Balaban J connectivity index is 0.000000273. The summed E-state index contributed by atoms with van der Waals surface area (Å²) in [4.78, 5) is 27.2. The number of halogens is 1. The second-order valence-corrected chi connectivity index (χ2v) is 9.71. The van der Waals surface area contributed by atoms with Gasteiger partial charge in [0.25, 0.3) is 5.56 Å². The van der Waals surface area contributed by atoms with Crippen molar-refractivity contribution in [1.29, 1.82) is 0 Å². The summed E-state index contributed by atoms with van der Waals surface area (Å²) in [6.45, 7) is 2.73. The highest BCUT2D eigenvalue weighted by molar-refractivity contribution is 7.88. The number of nitrogens with one attached hydrogen (secondary N) is 1. The average Bonchev–Trinajstić information content (AvgIpc) is 3.18. The van der Waals surface area contributed by atoms with Crippen LogP contribution in [0.5, 0.6) is 0 Å². The first kappa shape index (κ1) is 28.9. The van der Waals surface area contributed by atoms with Crippen molar-refractivity contribution in [2.45, 2.75) is 26.3 Å². The fourth-order valence-electron chi connectivity index (χ4n) is 3.48. The highest BCUT2D eigenvalue weighted by atomic mass is 35.5. The molecular formula is C23H30ClN7O4S. The first-order valence-corrected chi connectivity index (χ1v) is 13.3. The number of benzene rings is 1. The zero-order valence-electron chi connectivity index (χ0n) is 20.3. The van der Waals surface area contributed by atoms with Crippen molar-refractivity contribution in [2.24, 2.45) is 5.73 Å². The van der Waals surface area contributed by atoms with E-state index in [0.29, 0.717) is 47.4 Å². The van der Waals surface area contributed by atoms with Crippen LogP contribution in [0.25, 0.3) is 16.4 Å². The molecule has 3 aromatic heterocycles. The molecule has 0 aliphatic rings. The molecule has 0 saturated heterocycles. The van der Waals surface area contributed by atoms with Gasteiger partial charge < -0.3 is 16.0 Å². The molecule has 36 heavy (non-hydrogen) atoms. The SMILES string of the molecule is CCc1cc2cccc(Cl)c2c(=O)n1CCCNS(C)(=O)=O.CN.Nc1nn2cccnc2c1C=O. The minimum atomic E-state index is -3.20. The molecule has 0 fully saturated rings. The maximum atomic E-state index is 12.7. The molecule has 4 rings (SSSR count). The fourth-order valence-corrected chi connectivity index (χ4v) is 4.25. The Kier molecular flexibility index (Phi) is 10.5. The van der Waals surface area contributed by atoms with E-state index in [1.54, 1.807) is 29.1 Å². The molecule has 0 aliphatic carbocycles. The number of carbonyl (C=O) groups excluding carboxylic acids is 1. The molecule has 0 amide bonds. The van der Waals surface area contributed by atoms with E-state index >= 15 is 0 Å². The number of aldehydes is 1. The monoisotopic (exact) mass is 535 g/mol. The summed E-state index contributed by atoms with van der Waals surface area (Å²) < 4.78 is 27.7. The lowest BCUT2D eigenvalue weighted by molar-refractivity contribution is 0.112. The number of aromatic nitrogens is 4. The van der Waals surface area contributed by atoms with E-state index in [2.05, 4.69) is 20.5 Å². The molecular weight excluding hydrogens is 506 g/mol. The van der Waals surface area contributed by atoms with Gasteiger partial charge in [0, 0.05) is 31.2 Å². The van der Waals surface area contributed by atoms with Crippen LogP contribution in [0.2, 0.25) is 5.02 Å². The molecule has 1 aromatic carbocycles. The van der Waals surface area contributed by atoms with Crippen LogP contribution in [0, 0.1) is 0 Å². The number of fused-ring (bicyclic) bond motifs is 2. The Hall–Kier alpha value is -3.32. The molecule has 0 bridgehead atoms. The van der Waals surface area contributed by atoms with E-state index in [-0.39, 0.29) is 11.4 Å². The average molecular weight is 536 g/mol. The van der Waals surface area contributed by atoms with Crippen LogP contribution in [-0.2, 0) is 23.0 Å². The summed E-state index contributed by atoms with van der Waals surface area (Å²) in [6, 6.07) is 9.08. The quantitative estimate of drug-likeness (QED) is 0.238. The normalized spacial score (nSPS) is 10.9. The predicted octanol–water partition coefficient (Wildman–Crippen LogP) is 1.86. The Labute approximate surface area is 214 Å². The molecule has 3 heterocycles. The highest BCUT2D eigenvalue weighted by Crippen LogP contribution is 2.21. The third kappa shape index (κ3) is 7.10. The molecule has 0 radical (unpaired) electrons. The van der Waals surface area contributed by atoms with Gasteiger partial charge >= 0.3 is 0 Å². The largest absolute Gasteiger partial charge is 0.382 e. The van der Waals surface area contributed by atoms with Gasteiger partial charge in [-0.2, -0.15) is 0 Å². The summed E-state index contributed by atoms with van der Waals surface area (Å²) in [5.41, 5.74) is 11.6. The summed E-state index contributed by atoms with van der Waals surface area (Å²) >= 11 is 6.15. The zero-order valence-corrected chi connectivity index (χ0v) is 21.9. The van der Waals surface area contributed by atoms with Crippen LogP contribution in [0.15, 0.2) is 47.5 Å². The molecule has 0 aliphatic heterocycles. The van der Waals surface area contributed by atoms with Gasteiger partial charge in [-0.1, -0.05) is 30.7 Å². The Morgan fingerprint density at radius 2 is 1.94 bits per heavy atom. The topological polar surface area (TPSA) is 167 Å². The lowest BCUT2D eigenvalue weighted by Gasteiger charge is -2.14. The van der Waals surface area contributed by atoms with Crippen LogP contribution < -0.4 is 21.7 Å². The summed E-state index contributed by atoms with van der Waals surface area (Å²) in [5, 5.41) is 5.67. The number of nitrogen functional groups attached to an aromatic ring is 1. The second kappa shape index (κ2) is 13.1. The van der Waals surface area contributed by atoms with E-state index in [1.165, 1.54) is 11.6 Å². The maximum absolute atomic E-state index is 12.7. The first-order valence-electron chi connectivity index (χ1n) is 11.0. The van der Waals surface area contributed by atoms with Crippen LogP contribution in [0.3, 0.4) is 0 Å². The van der Waals surface area contributed by atoms with Crippen molar-refractivity contribution in [3.8, 4) is 0 Å².